The molecular weight excluding hydrogens is 757 g/mol. The van der Waals surface area contributed by atoms with Gasteiger partial charge in [-0.3, -0.25) is 0 Å². The number of para-hydroxylation sites is 2. The summed E-state index contributed by atoms with van der Waals surface area (Å²) in [7, 11) is 0. The number of benzene rings is 9. The molecule has 3 heterocycles. The SMILES string of the molecule is c1ccc(-c2ccc(-c3nc(-c4ccc(-c5ccccc5)cc4)nc(-c4cccc5oc6ccc(-c7ccc8c(c7)c7ccccc7n8-c7ccccc7)cc6c45)n3)cc2)cc1. The maximum absolute atomic E-state index is 6.55. The monoisotopic (exact) mass is 792 g/mol. The molecule has 0 radical (unpaired) electrons. The Morgan fingerprint density at radius 3 is 1.44 bits per heavy atom. The molecule has 0 saturated heterocycles. The van der Waals surface area contributed by atoms with Gasteiger partial charge in [0.1, 0.15) is 11.2 Å². The van der Waals surface area contributed by atoms with Gasteiger partial charge in [0.15, 0.2) is 17.5 Å². The summed E-state index contributed by atoms with van der Waals surface area (Å²) in [5.74, 6) is 1.79. The quantitative estimate of drug-likeness (QED) is 0.161. The van der Waals surface area contributed by atoms with Crippen LogP contribution >= 0.6 is 0 Å². The third-order valence-corrected chi connectivity index (χ3v) is 11.9. The van der Waals surface area contributed by atoms with E-state index in [9.17, 15) is 0 Å². The number of nitrogens with zero attached hydrogens (tertiary/aromatic N) is 4. The number of furan rings is 1. The lowest BCUT2D eigenvalue weighted by Crippen LogP contribution is -2.00. The second-order valence-corrected chi connectivity index (χ2v) is 15.6. The Kier molecular flexibility index (Phi) is 8.42. The van der Waals surface area contributed by atoms with E-state index in [-0.39, 0.29) is 0 Å². The van der Waals surface area contributed by atoms with Gasteiger partial charge < -0.3 is 8.98 Å². The highest BCUT2D eigenvalue weighted by Crippen LogP contribution is 2.40. The van der Waals surface area contributed by atoms with Crippen molar-refractivity contribution in [3.05, 3.63) is 218 Å². The lowest BCUT2D eigenvalue weighted by atomic mass is 9.99. The van der Waals surface area contributed by atoms with Gasteiger partial charge in [0, 0.05) is 43.9 Å². The molecule has 0 fully saturated rings. The zero-order valence-electron chi connectivity index (χ0n) is 33.5. The lowest BCUT2D eigenvalue weighted by molar-refractivity contribution is 0.669. The summed E-state index contributed by atoms with van der Waals surface area (Å²) >= 11 is 0. The predicted molar refractivity (Wildman–Crippen MR) is 254 cm³/mol. The third kappa shape index (κ3) is 6.14. The van der Waals surface area contributed by atoms with Crippen LogP contribution in [-0.2, 0) is 0 Å². The zero-order chi connectivity index (χ0) is 41.0. The Balaban J connectivity index is 1.00. The van der Waals surface area contributed by atoms with Gasteiger partial charge in [0.2, 0.25) is 0 Å². The Bertz CT molecular complexity index is 3490. The molecule has 5 nitrogen and oxygen atoms in total. The molecule has 0 saturated carbocycles. The average Bonchev–Trinajstić information content (AvgIpc) is 3.90. The van der Waals surface area contributed by atoms with Gasteiger partial charge in [-0.25, -0.2) is 15.0 Å². The van der Waals surface area contributed by atoms with Gasteiger partial charge in [-0.1, -0.05) is 170 Å². The smallest absolute Gasteiger partial charge is 0.164 e. The molecule has 12 rings (SSSR count). The van der Waals surface area contributed by atoms with E-state index in [1.165, 1.54) is 21.8 Å². The zero-order valence-corrected chi connectivity index (χ0v) is 33.5. The molecule has 290 valence electrons. The summed E-state index contributed by atoms with van der Waals surface area (Å²) < 4.78 is 8.90. The molecule has 0 atom stereocenters. The minimum absolute atomic E-state index is 0.582. The van der Waals surface area contributed by atoms with Crippen LogP contribution in [0.25, 0.3) is 117 Å². The highest BCUT2D eigenvalue weighted by atomic mass is 16.3. The molecule has 3 aromatic heterocycles. The van der Waals surface area contributed by atoms with Crippen molar-refractivity contribution < 1.29 is 4.42 Å². The average molecular weight is 793 g/mol. The second-order valence-electron chi connectivity index (χ2n) is 15.6. The van der Waals surface area contributed by atoms with Crippen LogP contribution in [0.2, 0.25) is 0 Å². The second kappa shape index (κ2) is 14.7. The fourth-order valence-electron chi connectivity index (χ4n) is 8.84. The van der Waals surface area contributed by atoms with E-state index in [1.54, 1.807) is 0 Å². The normalized spacial score (nSPS) is 11.5. The van der Waals surface area contributed by atoms with Crippen LogP contribution in [0.3, 0.4) is 0 Å². The largest absolute Gasteiger partial charge is 0.456 e. The fraction of sp³-hybridized carbons (Fsp3) is 0. The van der Waals surface area contributed by atoms with E-state index >= 15 is 0 Å². The number of aromatic nitrogens is 4. The first kappa shape index (κ1) is 35.5. The number of fused-ring (bicyclic) bond motifs is 6. The van der Waals surface area contributed by atoms with Crippen molar-refractivity contribution >= 4 is 43.7 Å². The van der Waals surface area contributed by atoms with Gasteiger partial charge >= 0.3 is 0 Å². The van der Waals surface area contributed by atoms with E-state index in [2.05, 4.69) is 199 Å². The van der Waals surface area contributed by atoms with Crippen LogP contribution in [0, 0.1) is 0 Å². The minimum Gasteiger partial charge on any atom is -0.456 e. The Labute approximate surface area is 357 Å². The Morgan fingerprint density at radius 2 is 0.790 bits per heavy atom. The molecule has 0 N–H and O–H groups in total. The van der Waals surface area contributed by atoms with Gasteiger partial charge in [-0.2, -0.15) is 0 Å². The van der Waals surface area contributed by atoms with Crippen LogP contribution in [-0.4, -0.2) is 19.5 Å². The first-order valence-corrected chi connectivity index (χ1v) is 20.8. The van der Waals surface area contributed by atoms with Gasteiger partial charge in [-0.15, -0.1) is 0 Å². The van der Waals surface area contributed by atoms with Crippen LogP contribution in [0.4, 0.5) is 0 Å². The third-order valence-electron chi connectivity index (χ3n) is 11.9. The molecule has 12 aromatic rings. The summed E-state index contributed by atoms with van der Waals surface area (Å²) in [6, 6.07) is 76.3. The topological polar surface area (TPSA) is 56.7 Å². The molecule has 62 heavy (non-hydrogen) atoms. The minimum atomic E-state index is 0.582. The molecule has 9 aromatic carbocycles. The molecule has 0 aliphatic rings. The van der Waals surface area contributed by atoms with Crippen molar-refractivity contribution in [2.24, 2.45) is 0 Å². The Morgan fingerprint density at radius 1 is 0.306 bits per heavy atom. The van der Waals surface area contributed by atoms with Gasteiger partial charge in [-0.05, 0) is 81.9 Å². The summed E-state index contributed by atoms with van der Waals surface area (Å²) in [5.41, 5.74) is 14.6. The van der Waals surface area contributed by atoms with Crippen molar-refractivity contribution in [2.45, 2.75) is 0 Å². The first-order chi connectivity index (χ1) is 30.7. The van der Waals surface area contributed by atoms with E-state index in [4.69, 9.17) is 19.4 Å². The van der Waals surface area contributed by atoms with Crippen LogP contribution in [0.1, 0.15) is 0 Å². The van der Waals surface area contributed by atoms with Crippen molar-refractivity contribution in [2.75, 3.05) is 0 Å². The first-order valence-electron chi connectivity index (χ1n) is 20.8. The number of rotatable bonds is 7. The lowest BCUT2D eigenvalue weighted by Gasteiger charge is -2.11. The van der Waals surface area contributed by atoms with Crippen molar-refractivity contribution in [3.8, 4) is 73.2 Å². The molecule has 0 unspecified atom stereocenters. The summed E-state index contributed by atoms with van der Waals surface area (Å²) in [6.07, 6.45) is 0. The molecule has 5 heteroatoms. The molecule has 0 aliphatic heterocycles. The number of hydrogen-bond acceptors (Lipinski definition) is 4. The van der Waals surface area contributed by atoms with Crippen LogP contribution in [0.15, 0.2) is 223 Å². The van der Waals surface area contributed by atoms with Crippen molar-refractivity contribution in [3.63, 3.8) is 0 Å². The van der Waals surface area contributed by atoms with Gasteiger partial charge in [0.25, 0.3) is 0 Å². The molecule has 0 bridgehead atoms. The van der Waals surface area contributed by atoms with Gasteiger partial charge in [0.05, 0.1) is 11.0 Å². The summed E-state index contributed by atoms with van der Waals surface area (Å²) in [4.78, 5) is 15.5. The standard InChI is InChI=1S/C57H36N4O/c1-4-13-37(14-5-1)39-23-27-41(28-24-39)55-58-56(42-29-25-40(26-30-42)38-15-6-2-7-16-38)60-57(59-55)47-20-12-22-53-54(47)49-36-44(32-34-52(49)62-53)43-31-33-51-48(35-43)46-19-10-11-21-50(46)61(51)45-17-8-3-9-18-45/h1-36H. The molecular formula is C57H36N4O. The Hall–Kier alpha value is -8.41. The maximum Gasteiger partial charge on any atom is 0.164 e. The van der Waals surface area contributed by atoms with Crippen molar-refractivity contribution in [1.82, 2.24) is 19.5 Å². The molecule has 0 amide bonds. The fourth-order valence-corrected chi connectivity index (χ4v) is 8.84. The van der Waals surface area contributed by atoms with Crippen LogP contribution < -0.4 is 0 Å². The maximum atomic E-state index is 6.55. The highest BCUT2D eigenvalue weighted by Gasteiger charge is 2.20. The summed E-state index contributed by atoms with van der Waals surface area (Å²) in [5, 5.41) is 4.39. The van der Waals surface area contributed by atoms with E-state index in [1.807, 2.05) is 24.3 Å². The molecule has 0 spiro atoms. The number of hydrogen-bond donors (Lipinski definition) is 0. The molecule has 0 aliphatic carbocycles. The highest BCUT2D eigenvalue weighted by molar-refractivity contribution is 6.14. The van der Waals surface area contributed by atoms with Crippen LogP contribution in [0.5, 0.6) is 0 Å². The van der Waals surface area contributed by atoms with E-state index in [0.717, 1.165) is 77.7 Å². The summed E-state index contributed by atoms with van der Waals surface area (Å²) in [6.45, 7) is 0. The van der Waals surface area contributed by atoms with E-state index in [0.29, 0.717) is 17.5 Å². The predicted octanol–water partition coefficient (Wildman–Crippen LogP) is 14.9. The van der Waals surface area contributed by atoms with Crippen molar-refractivity contribution in [1.29, 1.82) is 0 Å². The van der Waals surface area contributed by atoms with E-state index < -0.39 is 0 Å².